The smallest absolute Gasteiger partial charge is 0.270 e. The lowest BCUT2D eigenvalue weighted by Gasteiger charge is -2.29. The third-order valence-corrected chi connectivity index (χ3v) is 6.08. The zero-order chi connectivity index (χ0) is 20.2. The molecule has 3 aromatic rings. The van der Waals surface area contributed by atoms with Gasteiger partial charge in [0.05, 0.1) is 13.2 Å². The van der Waals surface area contributed by atoms with Gasteiger partial charge in [-0.15, -0.1) is 11.3 Å². The van der Waals surface area contributed by atoms with Gasteiger partial charge in [-0.25, -0.2) is 4.98 Å². The Morgan fingerprint density at radius 1 is 1.28 bits per heavy atom. The van der Waals surface area contributed by atoms with E-state index in [1.54, 1.807) is 12.5 Å². The molecule has 7 heteroatoms. The first kappa shape index (κ1) is 19.7. The van der Waals surface area contributed by atoms with E-state index < -0.39 is 0 Å². The summed E-state index contributed by atoms with van der Waals surface area (Å²) in [5.41, 5.74) is 1.52. The van der Waals surface area contributed by atoms with Gasteiger partial charge in [-0.1, -0.05) is 18.2 Å². The van der Waals surface area contributed by atoms with Crippen LogP contribution in [0.15, 0.2) is 46.2 Å². The van der Waals surface area contributed by atoms with Gasteiger partial charge in [0.15, 0.2) is 10.8 Å². The van der Waals surface area contributed by atoms with Crippen LogP contribution in [0, 0.1) is 6.92 Å². The predicted octanol–water partition coefficient (Wildman–Crippen LogP) is 4.29. The monoisotopic (exact) mass is 411 g/mol. The van der Waals surface area contributed by atoms with Gasteiger partial charge in [0.25, 0.3) is 5.91 Å². The lowest BCUT2D eigenvalue weighted by molar-refractivity contribution is 0.0933. The van der Waals surface area contributed by atoms with Crippen LogP contribution in [-0.4, -0.2) is 42.5 Å². The molecule has 152 valence electrons. The standard InChI is InChI=1S/C22H25N3O3S/c1-15-9-10-20(28-15)22-24-17(14-29-22)21(26)23-13-18(25-11-5-6-12-25)16-7-3-4-8-19(16)27-2/h3-4,7-10,14,18H,5-6,11-13H2,1-2H3,(H,23,26)/t18-/m1/s1. The molecule has 1 saturated heterocycles. The van der Waals surface area contributed by atoms with Crippen molar-refractivity contribution in [3.05, 3.63) is 58.8 Å². The fourth-order valence-corrected chi connectivity index (χ4v) is 4.51. The van der Waals surface area contributed by atoms with E-state index in [1.807, 2.05) is 37.3 Å². The molecule has 1 N–H and O–H groups in total. The van der Waals surface area contributed by atoms with Gasteiger partial charge in [-0.3, -0.25) is 9.69 Å². The number of likely N-dealkylation sites (tertiary alicyclic amines) is 1. The normalized spacial score (nSPS) is 15.4. The Morgan fingerprint density at radius 2 is 2.07 bits per heavy atom. The second-order valence-electron chi connectivity index (χ2n) is 7.16. The SMILES string of the molecule is COc1ccccc1[C@@H](CNC(=O)c1csc(-c2ccc(C)o2)n1)N1CCCC1. The summed E-state index contributed by atoms with van der Waals surface area (Å²) in [6.45, 7) is 4.45. The van der Waals surface area contributed by atoms with E-state index in [0.29, 0.717) is 23.0 Å². The molecule has 29 heavy (non-hydrogen) atoms. The summed E-state index contributed by atoms with van der Waals surface area (Å²) in [7, 11) is 1.69. The summed E-state index contributed by atoms with van der Waals surface area (Å²) in [6, 6.07) is 11.9. The molecule has 0 aliphatic carbocycles. The number of thiazole rings is 1. The molecule has 0 saturated carbocycles. The molecule has 0 bridgehead atoms. The van der Waals surface area contributed by atoms with Gasteiger partial charge < -0.3 is 14.5 Å². The summed E-state index contributed by atoms with van der Waals surface area (Å²) >= 11 is 1.41. The number of aryl methyl sites for hydroxylation is 1. The minimum Gasteiger partial charge on any atom is -0.496 e. The van der Waals surface area contributed by atoms with Gasteiger partial charge in [0.1, 0.15) is 17.2 Å². The van der Waals surface area contributed by atoms with Crippen LogP contribution in [0.25, 0.3) is 10.8 Å². The molecule has 1 fully saturated rings. The highest BCUT2D eigenvalue weighted by molar-refractivity contribution is 7.13. The molecule has 1 aliphatic rings. The molecule has 0 spiro atoms. The third kappa shape index (κ3) is 4.36. The van der Waals surface area contributed by atoms with Crippen LogP contribution in [0.3, 0.4) is 0 Å². The number of nitrogens with one attached hydrogen (secondary N) is 1. The van der Waals surface area contributed by atoms with Crippen molar-refractivity contribution >= 4 is 17.2 Å². The van der Waals surface area contributed by atoms with Crippen molar-refractivity contribution in [3.8, 4) is 16.5 Å². The topological polar surface area (TPSA) is 67.6 Å². The van der Waals surface area contributed by atoms with E-state index in [1.165, 1.54) is 24.2 Å². The predicted molar refractivity (Wildman–Crippen MR) is 113 cm³/mol. The molecule has 0 radical (unpaired) electrons. The Labute approximate surface area is 174 Å². The highest BCUT2D eigenvalue weighted by Crippen LogP contribution is 2.31. The third-order valence-electron chi connectivity index (χ3n) is 5.22. The number of ether oxygens (including phenoxy) is 1. The number of amides is 1. The van der Waals surface area contributed by atoms with E-state index in [4.69, 9.17) is 9.15 Å². The van der Waals surface area contributed by atoms with E-state index >= 15 is 0 Å². The Morgan fingerprint density at radius 3 is 2.79 bits per heavy atom. The van der Waals surface area contributed by atoms with Crippen molar-refractivity contribution in [3.63, 3.8) is 0 Å². The molecule has 2 aromatic heterocycles. The number of carbonyl (C=O) groups is 1. The maximum atomic E-state index is 12.8. The Bertz CT molecular complexity index is 975. The number of para-hydroxylation sites is 1. The fourth-order valence-electron chi connectivity index (χ4n) is 3.75. The zero-order valence-electron chi connectivity index (χ0n) is 16.7. The first-order chi connectivity index (χ1) is 14.2. The van der Waals surface area contributed by atoms with Gasteiger partial charge in [0.2, 0.25) is 0 Å². The van der Waals surface area contributed by atoms with Crippen LogP contribution in [0.4, 0.5) is 0 Å². The average molecular weight is 412 g/mol. The van der Waals surface area contributed by atoms with Crippen molar-refractivity contribution in [1.29, 1.82) is 0 Å². The van der Waals surface area contributed by atoms with Crippen LogP contribution in [-0.2, 0) is 0 Å². The van der Waals surface area contributed by atoms with Crippen molar-refractivity contribution in [1.82, 2.24) is 15.2 Å². The first-order valence-electron chi connectivity index (χ1n) is 9.83. The summed E-state index contributed by atoms with van der Waals surface area (Å²) in [5, 5.41) is 5.56. The van der Waals surface area contributed by atoms with E-state index in [9.17, 15) is 4.79 Å². The van der Waals surface area contributed by atoms with E-state index in [0.717, 1.165) is 30.2 Å². The highest BCUT2D eigenvalue weighted by Gasteiger charge is 2.26. The molecule has 6 nitrogen and oxygen atoms in total. The largest absolute Gasteiger partial charge is 0.496 e. The molecule has 1 atom stereocenters. The molecular formula is C22H25N3O3S. The maximum absolute atomic E-state index is 12.8. The van der Waals surface area contributed by atoms with E-state index in [-0.39, 0.29) is 11.9 Å². The number of methoxy groups -OCH3 is 1. The lowest BCUT2D eigenvalue weighted by atomic mass is 10.0. The number of hydrogen-bond donors (Lipinski definition) is 1. The van der Waals surface area contributed by atoms with Crippen LogP contribution in [0.5, 0.6) is 5.75 Å². The first-order valence-corrected chi connectivity index (χ1v) is 10.7. The quantitative estimate of drug-likeness (QED) is 0.628. The summed E-state index contributed by atoms with van der Waals surface area (Å²) in [5.74, 6) is 2.19. The molecule has 3 heterocycles. The molecular weight excluding hydrogens is 386 g/mol. The second-order valence-corrected chi connectivity index (χ2v) is 8.02. The number of aromatic nitrogens is 1. The average Bonchev–Trinajstić information content (AvgIpc) is 3.50. The van der Waals surface area contributed by atoms with Gasteiger partial charge in [0, 0.05) is 17.5 Å². The minimum atomic E-state index is -0.171. The Balaban J connectivity index is 1.48. The van der Waals surface area contributed by atoms with Gasteiger partial charge >= 0.3 is 0 Å². The van der Waals surface area contributed by atoms with Crippen molar-refractivity contribution in [2.45, 2.75) is 25.8 Å². The van der Waals surface area contributed by atoms with Gasteiger partial charge in [-0.2, -0.15) is 0 Å². The molecule has 0 unspecified atom stereocenters. The Kier molecular flexibility index (Phi) is 5.97. The van der Waals surface area contributed by atoms with Crippen LogP contribution >= 0.6 is 11.3 Å². The number of furan rings is 1. The minimum absolute atomic E-state index is 0.0726. The zero-order valence-corrected chi connectivity index (χ0v) is 17.5. The Hall–Kier alpha value is -2.64. The van der Waals surface area contributed by atoms with Gasteiger partial charge in [-0.05, 0) is 51.1 Å². The second kappa shape index (κ2) is 8.80. The molecule has 1 aliphatic heterocycles. The van der Waals surface area contributed by atoms with Crippen LogP contribution in [0.1, 0.15) is 40.7 Å². The summed E-state index contributed by atoms with van der Waals surface area (Å²) < 4.78 is 11.2. The number of rotatable bonds is 7. The molecule has 1 amide bonds. The summed E-state index contributed by atoms with van der Waals surface area (Å²) in [4.78, 5) is 19.6. The highest BCUT2D eigenvalue weighted by atomic mass is 32.1. The number of nitrogens with zero attached hydrogens (tertiary/aromatic N) is 2. The number of hydrogen-bond acceptors (Lipinski definition) is 6. The number of benzene rings is 1. The van der Waals surface area contributed by atoms with Crippen LogP contribution in [0.2, 0.25) is 0 Å². The maximum Gasteiger partial charge on any atom is 0.270 e. The van der Waals surface area contributed by atoms with Crippen LogP contribution < -0.4 is 10.1 Å². The van der Waals surface area contributed by atoms with Crippen molar-refractivity contribution in [2.75, 3.05) is 26.7 Å². The van der Waals surface area contributed by atoms with E-state index in [2.05, 4.69) is 21.3 Å². The fraction of sp³-hybridized carbons (Fsp3) is 0.364. The van der Waals surface area contributed by atoms with Crippen molar-refractivity contribution < 1.29 is 13.9 Å². The van der Waals surface area contributed by atoms with Crippen molar-refractivity contribution in [2.24, 2.45) is 0 Å². The molecule has 4 rings (SSSR count). The summed E-state index contributed by atoms with van der Waals surface area (Å²) in [6.07, 6.45) is 2.36. The molecule has 1 aromatic carbocycles. The lowest BCUT2D eigenvalue weighted by Crippen LogP contribution is -2.37. The number of carbonyl (C=O) groups excluding carboxylic acids is 1.